The summed E-state index contributed by atoms with van der Waals surface area (Å²) in [5, 5.41) is 0. The van der Waals surface area contributed by atoms with Crippen molar-refractivity contribution >= 4 is 20.2 Å². The molecule has 2 aromatic carbocycles. The summed E-state index contributed by atoms with van der Waals surface area (Å²) in [7, 11) is -11.7. The molecule has 0 N–H and O–H groups in total. The Bertz CT molecular complexity index is 1060. The molecule has 0 unspecified atom stereocenters. The Balaban J connectivity index is 0.000000479. The summed E-state index contributed by atoms with van der Waals surface area (Å²) in [5.41, 5.74) is -10.0. The Kier molecular flexibility index (Phi) is 8.54. The van der Waals surface area contributed by atoms with Gasteiger partial charge in [0.2, 0.25) is 3.57 Å². The van der Waals surface area contributed by atoms with E-state index in [0.717, 1.165) is 9.13 Å². The van der Waals surface area contributed by atoms with E-state index in [4.69, 9.17) is 13.0 Å². The summed E-state index contributed by atoms with van der Waals surface area (Å²) in [5.74, 6) is -0.270. The van der Waals surface area contributed by atoms with Gasteiger partial charge in [-0.1, -0.05) is 29.8 Å². The molecule has 0 bridgehead atoms. The smallest absolute Gasteiger partial charge is 0.534 e. The summed E-state index contributed by atoms with van der Waals surface area (Å²) >= 11 is -0.854. The number of para-hydroxylation sites is 1. The fraction of sp³-hybridized carbons (Fsp3) is 0.200. The number of halogens is 7. The van der Waals surface area contributed by atoms with Crippen LogP contribution in [0.5, 0.6) is 5.75 Å². The summed E-state index contributed by atoms with van der Waals surface area (Å²) in [6.45, 7) is 1.93. The van der Waals surface area contributed by atoms with Crippen molar-refractivity contribution in [3.05, 3.63) is 61.2 Å². The predicted molar refractivity (Wildman–Crippen MR) is 86.4 cm³/mol. The maximum absolute atomic E-state index is 12.4. The molecule has 6 nitrogen and oxygen atoms in total. The van der Waals surface area contributed by atoms with Gasteiger partial charge in [-0.3, -0.25) is 0 Å². The molecule has 0 spiro atoms. The number of hydrogen-bond donors (Lipinski definition) is 0. The Morgan fingerprint density at radius 3 is 1.73 bits per heavy atom. The minimum absolute atomic E-state index is 0.270. The van der Waals surface area contributed by atoms with E-state index in [2.05, 4.69) is 4.18 Å². The highest BCUT2D eigenvalue weighted by Gasteiger charge is 2.49. The minimum Gasteiger partial charge on any atom is -0.741 e. The third-order valence-corrected chi connectivity index (χ3v) is 7.17. The minimum atomic E-state index is -6.09. The van der Waals surface area contributed by atoms with E-state index in [1.165, 1.54) is 12.1 Å². The van der Waals surface area contributed by atoms with Crippen molar-refractivity contribution in [2.75, 3.05) is 0 Å². The van der Waals surface area contributed by atoms with Gasteiger partial charge >= 0.3 is 42.3 Å². The zero-order chi connectivity index (χ0) is 23.4. The molecule has 0 fully saturated rings. The molecular formula is C15H11F6IO6S2. The maximum Gasteiger partial charge on any atom is 0.534 e. The van der Waals surface area contributed by atoms with Crippen molar-refractivity contribution in [3.8, 4) is 5.75 Å². The van der Waals surface area contributed by atoms with Crippen LogP contribution >= 0.6 is 0 Å². The lowest BCUT2D eigenvalue weighted by Crippen LogP contribution is -3.61. The molecule has 15 heteroatoms. The van der Waals surface area contributed by atoms with Crippen LogP contribution in [0.15, 0.2) is 48.5 Å². The van der Waals surface area contributed by atoms with E-state index in [0.29, 0.717) is 3.57 Å². The predicted octanol–water partition coefficient (Wildman–Crippen LogP) is 0.403. The van der Waals surface area contributed by atoms with Crippen LogP contribution in [0, 0.1) is 14.1 Å². The first-order valence-corrected chi connectivity index (χ1v) is 12.2. The Morgan fingerprint density at radius 1 is 0.833 bits per heavy atom. The zero-order valence-electron chi connectivity index (χ0n) is 14.5. The first kappa shape index (κ1) is 26.4. The lowest BCUT2D eigenvalue weighted by Gasteiger charge is -2.08. The molecular weight excluding hydrogens is 581 g/mol. The summed E-state index contributed by atoms with van der Waals surface area (Å²) in [4.78, 5) is 0. The molecule has 0 aliphatic heterocycles. The van der Waals surface area contributed by atoms with Gasteiger partial charge in [0.1, 0.15) is 0 Å². The van der Waals surface area contributed by atoms with E-state index in [1.54, 1.807) is 12.1 Å². The van der Waals surface area contributed by atoms with Gasteiger partial charge in [0.15, 0.2) is 19.4 Å². The van der Waals surface area contributed by atoms with Gasteiger partial charge in [0, 0.05) is 0 Å². The van der Waals surface area contributed by atoms with Crippen molar-refractivity contribution < 1.29 is 73.1 Å². The van der Waals surface area contributed by atoms with Crippen molar-refractivity contribution in [3.63, 3.8) is 0 Å². The molecule has 0 saturated heterocycles. The van der Waals surface area contributed by atoms with Crippen LogP contribution in [-0.2, 0) is 20.2 Å². The van der Waals surface area contributed by atoms with Crippen LogP contribution in [0.3, 0.4) is 0 Å². The Labute approximate surface area is 178 Å². The lowest BCUT2D eigenvalue weighted by molar-refractivity contribution is -0.598. The molecule has 2 aromatic rings. The van der Waals surface area contributed by atoms with E-state index in [1.807, 2.05) is 31.2 Å². The van der Waals surface area contributed by atoms with Crippen molar-refractivity contribution in [2.24, 2.45) is 0 Å². The summed E-state index contributed by atoms with van der Waals surface area (Å²) < 4.78 is 124. The van der Waals surface area contributed by atoms with E-state index in [-0.39, 0.29) is 5.75 Å². The second-order valence-electron chi connectivity index (χ2n) is 5.20. The number of rotatable bonds is 4. The number of alkyl halides is 6. The van der Waals surface area contributed by atoms with Gasteiger partial charge in [-0.2, -0.15) is 34.8 Å². The highest BCUT2D eigenvalue weighted by Crippen LogP contribution is 2.26. The molecule has 0 aromatic heterocycles. The fourth-order valence-electron chi connectivity index (χ4n) is 1.47. The molecule has 30 heavy (non-hydrogen) atoms. The van der Waals surface area contributed by atoms with Crippen LogP contribution in [0.1, 0.15) is 5.56 Å². The fourth-order valence-corrected chi connectivity index (χ4v) is 4.43. The van der Waals surface area contributed by atoms with Crippen LogP contribution in [0.4, 0.5) is 26.3 Å². The molecule has 0 aliphatic carbocycles. The maximum atomic E-state index is 12.4. The van der Waals surface area contributed by atoms with Gasteiger partial charge in [-0.25, -0.2) is 8.42 Å². The number of benzene rings is 2. The molecule has 0 radical (unpaired) electrons. The van der Waals surface area contributed by atoms with Crippen LogP contribution < -0.4 is 25.4 Å². The number of hydrogen-bond acceptors (Lipinski definition) is 6. The standard InChI is InChI=1S/C14H11F3IO3S.CHF3O3S/c1-10-6-8-11(9-7-10)18-12-4-2-3-5-13(12)21-22(19,20)14(15,16)17;2-1(3,4)8(5,6)7/h2-9H,1H3;(H,5,6,7)/q+1;/p-1. The molecule has 0 atom stereocenters. The zero-order valence-corrected chi connectivity index (χ0v) is 18.3. The third kappa shape index (κ3) is 7.92. The average Bonchev–Trinajstić information content (AvgIpc) is 2.56. The average molecular weight is 592 g/mol. The normalized spacial score (nSPS) is 12.7. The Morgan fingerprint density at radius 2 is 1.30 bits per heavy atom. The second-order valence-corrected chi connectivity index (χ2v) is 11.1. The van der Waals surface area contributed by atoms with Crippen molar-refractivity contribution in [1.29, 1.82) is 0 Å². The molecule has 0 amide bonds. The molecule has 0 aliphatic rings. The quantitative estimate of drug-likeness (QED) is 0.168. The van der Waals surface area contributed by atoms with Gasteiger partial charge in [-0.05, 0) is 31.2 Å². The lowest BCUT2D eigenvalue weighted by atomic mass is 10.2. The van der Waals surface area contributed by atoms with E-state index < -0.39 is 52.5 Å². The SMILES string of the molecule is Cc1ccc([I+]c2ccccc2OS(=O)(=O)C(F)(F)F)cc1.O=S(=O)([O-])C(F)(F)F. The van der Waals surface area contributed by atoms with E-state index >= 15 is 0 Å². The summed E-state index contributed by atoms with van der Waals surface area (Å²) in [6.07, 6.45) is 0. The molecule has 0 saturated carbocycles. The van der Waals surface area contributed by atoms with Gasteiger partial charge in [0.25, 0.3) is 0 Å². The Hall–Kier alpha value is -1.59. The van der Waals surface area contributed by atoms with Gasteiger partial charge < -0.3 is 8.74 Å². The van der Waals surface area contributed by atoms with Gasteiger partial charge in [-0.15, -0.1) is 0 Å². The molecule has 168 valence electrons. The number of aryl methyl sites for hydroxylation is 1. The second kappa shape index (κ2) is 9.69. The highest BCUT2D eigenvalue weighted by atomic mass is 127. The van der Waals surface area contributed by atoms with Crippen LogP contribution in [-0.4, -0.2) is 32.4 Å². The highest BCUT2D eigenvalue weighted by molar-refractivity contribution is 7.88. The molecule has 2 rings (SSSR count). The first-order valence-electron chi connectivity index (χ1n) is 7.27. The third-order valence-electron chi connectivity index (χ3n) is 2.82. The van der Waals surface area contributed by atoms with Crippen LogP contribution in [0.2, 0.25) is 0 Å². The first-order chi connectivity index (χ1) is 13.4. The van der Waals surface area contributed by atoms with Crippen LogP contribution in [0.25, 0.3) is 0 Å². The largest absolute Gasteiger partial charge is 0.741 e. The molecule has 0 heterocycles. The van der Waals surface area contributed by atoms with Gasteiger partial charge in [0.05, 0.1) is 0 Å². The topological polar surface area (TPSA) is 101 Å². The van der Waals surface area contributed by atoms with Crippen molar-refractivity contribution in [2.45, 2.75) is 17.9 Å². The van der Waals surface area contributed by atoms with Crippen molar-refractivity contribution in [1.82, 2.24) is 0 Å². The van der Waals surface area contributed by atoms with E-state index in [9.17, 15) is 34.8 Å². The summed E-state index contributed by atoms with van der Waals surface area (Å²) in [6, 6.07) is 13.4. The monoisotopic (exact) mass is 592 g/mol.